The molecule has 2 aromatic rings. The number of nitrogens with two attached hydrogens (primary N) is 1. The molecule has 0 unspecified atom stereocenters. The minimum absolute atomic E-state index is 0.0244. The van der Waals surface area contributed by atoms with Crippen molar-refractivity contribution in [1.29, 1.82) is 0 Å². The van der Waals surface area contributed by atoms with Crippen molar-refractivity contribution in [3.05, 3.63) is 29.8 Å². The second-order valence-electron chi connectivity index (χ2n) is 4.14. The van der Waals surface area contributed by atoms with Gasteiger partial charge in [0.15, 0.2) is 0 Å². The van der Waals surface area contributed by atoms with Crippen LogP contribution in [0.2, 0.25) is 0 Å². The number of benzene rings is 1. The highest BCUT2D eigenvalue weighted by atomic mass is 16.1. The number of carbonyl (C=O) groups is 1. The summed E-state index contributed by atoms with van der Waals surface area (Å²) in [5.74, 6) is 0.623. The first-order valence-corrected chi connectivity index (χ1v) is 5.37. The highest BCUT2D eigenvalue weighted by molar-refractivity contribution is 6.03. The van der Waals surface area contributed by atoms with Gasteiger partial charge in [-0.3, -0.25) is 9.48 Å². The molecule has 1 aromatic carbocycles. The third-order valence-corrected chi connectivity index (χ3v) is 2.96. The monoisotopic (exact) mass is 228 g/mol. The van der Waals surface area contributed by atoms with Crippen molar-refractivity contribution in [3.63, 3.8) is 0 Å². The summed E-state index contributed by atoms with van der Waals surface area (Å²) in [6.45, 7) is 0. The lowest BCUT2D eigenvalue weighted by Gasteiger charge is -2.04. The van der Waals surface area contributed by atoms with E-state index >= 15 is 0 Å². The molecule has 2 heterocycles. The molecule has 0 fully saturated rings. The van der Waals surface area contributed by atoms with E-state index in [2.05, 4.69) is 10.4 Å². The first-order chi connectivity index (χ1) is 8.15. The number of nitrogens with one attached hydrogen (secondary N) is 1. The molecular formula is C12H12N4O. The van der Waals surface area contributed by atoms with Crippen LogP contribution >= 0.6 is 0 Å². The van der Waals surface area contributed by atoms with Gasteiger partial charge >= 0.3 is 0 Å². The lowest BCUT2D eigenvalue weighted by Crippen LogP contribution is -2.04. The lowest BCUT2D eigenvalue weighted by molar-refractivity contribution is -0.115. The van der Waals surface area contributed by atoms with Gasteiger partial charge in [-0.15, -0.1) is 0 Å². The topological polar surface area (TPSA) is 72.9 Å². The number of aromatic nitrogens is 2. The average molecular weight is 228 g/mol. The van der Waals surface area contributed by atoms with Crippen LogP contribution in [0.15, 0.2) is 24.3 Å². The van der Waals surface area contributed by atoms with E-state index in [0.29, 0.717) is 12.2 Å². The van der Waals surface area contributed by atoms with Gasteiger partial charge in [0, 0.05) is 18.7 Å². The normalized spacial score (nSPS) is 13.6. The zero-order valence-corrected chi connectivity index (χ0v) is 9.40. The van der Waals surface area contributed by atoms with Crippen LogP contribution in [-0.2, 0) is 18.3 Å². The minimum atomic E-state index is 0.0244. The fourth-order valence-corrected chi connectivity index (χ4v) is 2.08. The number of nitrogens with zero attached hydrogens (tertiary/aromatic N) is 2. The molecule has 5 nitrogen and oxygen atoms in total. The van der Waals surface area contributed by atoms with E-state index in [4.69, 9.17) is 5.73 Å². The van der Waals surface area contributed by atoms with E-state index in [0.717, 1.165) is 22.5 Å². The van der Waals surface area contributed by atoms with Crippen LogP contribution in [0.5, 0.6) is 0 Å². The number of amides is 1. The van der Waals surface area contributed by atoms with Crippen molar-refractivity contribution < 1.29 is 4.79 Å². The number of para-hydroxylation sites is 1. The number of hydrogen-bond donors (Lipinski definition) is 2. The minimum Gasteiger partial charge on any atom is -0.384 e. The van der Waals surface area contributed by atoms with E-state index in [9.17, 15) is 4.79 Å². The first-order valence-electron chi connectivity index (χ1n) is 5.37. The van der Waals surface area contributed by atoms with Crippen LogP contribution in [0.1, 0.15) is 5.56 Å². The smallest absolute Gasteiger partial charge is 0.228 e. The first kappa shape index (κ1) is 9.89. The highest BCUT2D eigenvalue weighted by Gasteiger charge is 2.21. The summed E-state index contributed by atoms with van der Waals surface area (Å²) >= 11 is 0. The SMILES string of the molecule is Cn1nc(-c2cccc3c2NC(=O)C3)cc1N. The van der Waals surface area contributed by atoms with Crippen LogP contribution in [-0.4, -0.2) is 15.7 Å². The molecule has 1 aliphatic rings. The van der Waals surface area contributed by atoms with Crippen LogP contribution in [0.4, 0.5) is 11.5 Å². The van der Waals surface area contributed by atoms with Crippen molar-refractivity contribution in [3.8, 4) is 11.3 Å². The molecule has 0 saturated carbocycles. The summed E-state index contributed by atoms with van der Waals surface area (Å²) in [5.41, 5.74) is 9.33. The van der Waals surface area contributed by atoms with Crippen molar-refractivity contribution >= 4 is 17.4 Å². The van der Waals surface area contributed by atoms with Gasteiger partial charge in [0.2, 0.25) is 5.91 Å². The Hall–Kier alpha value is -2.30. The fraction of sp³-hybridized carbons (Fsp3) is 0.167. The number of rotatable bonds is 1. The molecule has 17 heavy (non-hydrogen) atoms. The summed E-state index contributed by atoms with van der Waals surface area (Å²) in [7, 11) is 1.79. The van der Waals surface area contributed by atoms with Crippen molar-refractivity contribution in [1.82, 2.24) is 9.78 Å². The van der Waals surface area contributed by atoms with Crippen LogP contribution in [0.3, 0.4) is 0 Å². The predicted molar refractivity (Wildman–Crippen MR) is 65.4 cm³/mol. The molecule has 0 saturated heterocycles. The van der Waals surface area contributed by atoms with Crippen molar-refractivity contribution in [2.75, 3.05) is 11.1 Å². The number of fused-ring (bicyclic) bond motifs is 1. The van der Waals surface area contributed by atoms with E-state index in [1.165, 1.54) is 0 Å². The molecule has 1 aromatic heterocycles. The van der Waals surface area contributed by atoms with Crippen molar-refractivity contribution in [2.45, 2.75) is 6.42 Å². The Balaban J connectivity index is 2.16. The Morgan fingerprint density at radius 3 is 3.00 bits per heavy atom. The number of nitrogen functional groups attached to an aromatic ring is 1. The molecular weight excluding hydrogens is 216 g/mol. The summed E-state index contributed by atoms with van der Waals surface area (Å²) in [6.07, 6.45) is 0.436. The Bertz CT molecular complexity index is 595. The predicted octanol–water partition coefficient (Wildman–Crippen LogP) is 1.16. The summed E-state index contributed by atoms with van der Waals surface area (Å²) in [5, 5.41) is 7.19. The van der Waals surface area contributed by atoms with Gasteiger partial charge in [0.05, 0.1) is 17.8 Å². The van der Waals surface area contributed by atoms with Gasteiger partial charge in [0.25, 0.3) is 0 Å². The summed E-state index contributed by atoms with van der Waals surface area (Å²) in [6, 6.07) is 7.62. The molecule has 0 bridgehead atoms. The Morgan fingerprint density at radius 1 is 1.47 bits per heavy atom. The number of hydrogen-bond acceptors (Lipinski definition) is 3. The fourth-order valence-electron chi connectivity index (χ4n) is 2.08. The molecule has 0 aliphatic carbocycles. The average Bonchev–Trinajstić information content (AvgIpc) is 2.81. The Kier molecular flexibility index (Phi) is 1.95. The molecule has 1 amide bonds. The Labute approximate surface area is 98.2 Å². The summed E-state index contributed by atoms with van der Waals surface area (Å²) in [4.78, 5) is 11.4. The van der Waals surface area contributed by atoms with Gasteiger partial charge in [-0.25, -0.2) is 0 Å². The standard InChI is InChI=1S/C12H12N4O/c1-16-10(13)6-9(15-16)8-4-2-3-7-5-11(17)14-12(7)8/h2-4,6H,5,13H2,1H3,(H,14,17). The second-order valence-corrected chi connectivity index (χ2v) is 4.14. The van der Waals surface area contributed by atoms with Gasteiger partial charge in [-0.05, 0) is 5.56 Å². The molecule has 5 heteroatoms. The lowest BCUT2D eigenvalue weighted by atomic mass is 10.1. The van der Waals surface area contributed by atoms with Gasteiger partial charge in [-0.1, -0.05) is 18.2 Å². The molecule has 3 rings (SSSR count). The molecule has 3 N–H and O–H groups in total. The second kappa shape index (κ2) is 3.35. The molecule has 1 aliphatic heterocycles. The van der Waals surface area contributed by atoms with E-state index in [1.54, 1.807) is 17.8 Å². The zero-order valence-electron chi connectivity index (χ0n) is 9.40. The van der Waals surface area contributed by atoms with Gasteiger partial charge in [-0.2, -0.15) is 5.10 Å². The number of aryl methyl sites for hydroxylation is 1. The quantitative estimate of drug-likeness (QED) is 0.769. The third kappa shape index (κ3) is 1.47. The number of carbonyl (C=O) groups excluding carboxylic acids is 1. The maximum atomic E-state index is 11.4. The van der Waals surface area contributed by atoms with Crippen LogP contribution in [0.25, 0.3) is 11.3 Å². The van der Waals surface area contributed by atoms with Crippen molar-refractivity contribution in [2.24, 2.45) is 7.05 Å². The highest BCUT2D eigenvalue weighted by Crippen LogP contribution is 2.34. The molecule has 86 valence electrons. The maximum Gasteiger partial charge on any atom is 0.228 e. The molecule has 0 spiro atoms. The zero-order chi connectivity index (χ0) is 12.0. The van der Waals surface area contributed by atoms with E-state index in [1.807, 2.05) is 18.2 Å². The largest absolute Gasteiger partial charge is 0.384 e. The molecule has 0 atom stereocenters. The Morgan fingerprint density at radius 2 is 2.29 bits per heavy atom. The van der Waals surface area contributed by atoms with Crippen LogP contribution < -0.4 is 11.1 Å². The van der Waals surface area contributed by atoms with E-state index in [-0.39, 0.29) is 5.91 Å². The third-order valence-electron chi connectivity index (χ3n) is 2.96. The van der Waals surface area contributed by atoms with Crippen LogP contribution in [0, 0.1) is 0 Å². The number of anilines is 2. The van der Waals surface area contributed by atoms with E-state index < -0.39 is 0 Å². The maximum absolute atomic E-state index is 11.4. The summed E-state index contributed by atoms with van der Waals surface area (Å²) < 4.78 is 1.62. The van der Waals surface area contributed by atoms with Gasteiger partial charge < -0.3 is 11.1 Å². The molecule has 0 radical (unpaired) electrons. The van der Waals surface area contributed by atoms with Gasteiger partial charge in [0.1, 0.15) is 5.82 Å².